The van der Waals surface area contributed by atoms with Crippen molar-refractivity contribution in [3.8, 4) is 11.6 Å². The van der Waals surface area contributed by atoms with Crippen LogP contribution in [-0.2, 0) is 17.8 Å². The molecule has 5 nitrogen and oxygen atoms in total. The van der Waals surface area contributed by atoms with E-state index in [1.807, 2.05) is 36.4 Å². The van der Waals surface area contributed by atoms with E-state index in [9.17, 15) is 4.79 Å². The number of para-hydroxylation sites is 1. The zero-order valence-electron chi connectivity index (χ0n) is 13.4. The van der Waals surface area contributed by atoms with Crippen LogP contribution in [0.15, 0.2) is 42.6 Å². The minimum absolute atomic E-state index is 0.0970. The molecule has 1 aromatic heterocycles. The van der Waals surface area contributed by atoms with Gasteiger partial charge < -0.3 is 14.8 Å². The van der Waals surface area contributed by atoms with Crippen molar-refractivity contribution >= 4 is 5.91 Å². The van der Waals surface area contributed by atoms with Gasteiger partial charge in [-0.1, -0.05) is 24.3 Å². The van der Waals surface area contributed by atoms with E-state index in [4.69, 9.17) is 9.47 Å². The first-order chi connectivity index (χ1) is 11.8. The summed E-state index contributed by atoms with van der Waals surface area (Å²) >= 11 is 0. The lowest BCUT2D eigenvalue weighted by molar-refractivity contribution is -0.127. The number of nitrogens with zero attached hydrogens (tertiary/aromatic N) is 1. The van der Waals surface area contributed by atoms with Crippen LogP contribution >= 0.6 is 0 Å². The summed E-state index contributed by atoms with van der Waals surface area (Å²) in [6.07, 6.45) is 4.44. The van der Waals surface area contributed by atoms with Crippen LogP contribution < -0.4 is 14.8 Å². The van der Waals surface area contributed by atoms with Crippen LogP contribution in [0.3, 0.4) is 0 Å². The van der Waals surface area contributed by atoms with Crippen LogP contribution in [0.5, 0.6) is 11.6 Å². The van der Waals surface area contributed by atoms with Crippen LogP contribution in [-0.4, -0.2) is 23.6 Å². The SMILES string of the molecule is O=C(NCc1ccc(OCC2CC2)nc1)C1Cc2ccccc2O1. The van der Waals surface area contributed by atoms with Crippen LogP contribution in [0.25, 0.3) is 0 Å². The second kappa shape index (κ2) is 6.51. The highest BCUT2D eigenvalue weighted by molar-refractivity contribution is 5.82. The summed E-state index contributed by atoms with van der Waals surface area (Å²) in [5.41, 5.74) is 2.02. The van der Waals surface area contributed by atoms with E-state index < -0.39 is 6.10 Å². The first-order valence-corrected chi connectivity index (χ1v) is 8.38. The smallest absolute Gasteiger partial charge is 0.261 e. The van der Waals surface area contributed by atoms with Gasteiger partial charge >= 0.3 is 0 Å². The van der Waals surface area contributed by atoms with E-state index in [2.05, 4.69) is 10.3 Å². The third-order valence-corrected chi connectivity index (χ3v) is 4.37. The number of hydrogen-bond donors (Lipinski definition) is 1. The van der Waals surface area contributed by atoms with Gasteiger partial charge in [0.05, 0.1) is 6.61 Å². The van der Waals surface area contributed by atoms with Crippen molar-refractivity contribution in [2.45, 2.75) is 31.9 Å². The van der Waals surface area contributed by atoms with Gasteiger partial charge in [-0.15, -0.1) is 0 Å². The van der Waals surface area contributed by atoms with Gasteiger partial charge in [-0.2, -0.15) is 0 Å². The summed E-state index contributed by atoms with van der Waals surface area (Å²) in [6.45, 7) is 1.19. The summed E-state index contributed by atoms with van der Waals surface area (Å²) in [7, 11) is 0. The monoisotopic (exact) mass is 324 g/mol. The fraction of sp³-hybridized carbons (Fsp3) is 0.368. The summed E-state index contributed by atoms with van der Waals surface area (Å²) in [5.74, 6) is 2.06. The normalized spacial score (nSPS) is 18.6. The number of carbonyl (C=O) groups is 1. The summed E-state index contributed by atoms with van der Waals surface area (Å²) in [4.78, 5) is 16.5. The molecule has 1 aromatic carbocycles. The molecule has 0 bridgehead atoms. The quantitative estimate of drug-likeness (QED) is 0.887. The van der Waals surface area contributed by atoms with Gasteiger partial charge in [0.2, 0.25) is 5.88 Å². The first-order valence-electron chi connectivity index (χ1n) is 8.38. The highest BCUT2D eigenvalue weighted by atomic mass is 16.5. The number of ether oxygens (including phenoxy) is 2. The second-order valence-corrected chi connectivity index (χ2v) is 6.40. The molecule has 1 fully saturated rings. The Balaban J connectivity index is 1.26. The average molecular weight is 324 g/mol. The number of fused-ring (bicyclic) bond motifs is 1. The van der Waals surface area contributed by atoms with Crippen LogP contribution in [0, 0.1) is 5.92 Å². The molecule has 124 valence electrons. The topological polar surface area (TPSA) is 60.5 Å². The molecule has 24 heavy (non-hydrogen) atoms. The van der Waals surface area contributed by atoms with Crippen molar-refractivity contribution in [1.82, 2.24) is 10.3 Å². The number of carbonyl (C=O) groups excluding carboxylic acids is 1. The van der Waals surface area contributed by atoms with E-state index in [0.717, 1.165) is 23.5 Å². The second-order valence-electron chi connectivity index (χ2n) is 6.40. The van der Waals surface area contributed by atoms with Gasteiger partial charge in [0.15, 0.2) is 6.10 Å². The maximum absolute atomic E-state index is 12.3. The maximum atomic E-state index is 12.3. The van der Waals surface area contributed by atoms with Crippen LogP contribution in [0.2, 0.25) is 0 Å². The van der Waals surface area contributed by atoms with Gasteiger partial charge in [-0.25, -0.2) is 4.98 Å². The first kappa shape index (κ1) is 15.0. The Morgan fingerprint density at radius 1 is 1.25 bits per heavy atom. The number of benzene rings is 1. The number of nitrogens with one attached hydrogen (secondary N) is 1. The molecule has 1 saturated carbocycles. The van der Waals surface area contributed by atoms with Crippen molar-refractivity contribution in [1.29, 1.82) is 0 Å². The third kappa shape index (κ3) is 3.50. The van der Waals surface area contributed by atoms with Crippen molar-refractivity contribution in [3.63, 3.8) is 0 Å². The molecule has 1 amide bonds. The molecule has 2 aliphatic rings. The predicted molar refractivity (Wildman–Crippen MR) is 88.9 cm³/mol. The zero-order chi connectivity index (χ0) is 16.4. The van der Waals surface area contributed by atoms with Crippen LogP contribution in [0.1, 0.15) is 24.0 Å². The molecular formula is C19H20N2O3. The lowest BCUT2D eigenvalue weighted by Gasteiger charge is -2.11. The van der Waals surface area contributed by atoms with Gasteiger partial charge in [0.1, 0.15) is 5.75 Å². The molecule has 1 aliphatic carbocycles. The number of amides is 1. The summed E-state index contributed by atoms with van der Waals surface area (Å²) < 4.78 is 11.3. The highest BCUT2D eigenvalue weighted by Gasteiger charge is 2.28. The Hall–Kier alpha value is -2.56. The maximum Gasteiger partial charge on any atom is 0.261 e. The molecule has 0 spiro atoms. The molecule has 0 radical (unpaired) electrons. The Kier molecular flexibility index (Phi) is 4.07. The van der Waals surface area contributed by atoms with Crippen molar-refractivity contribution in [3.05, 3.63) is 53.7 Å². The highest BCUT2D eigenvalue weighted by Crippen LogP contribution is 2.29. The molecule has 2 heterocycles. The summed E-state index contributed by atoms with van der Waals surface area (Å²) in [5, 5.41) is 2.91. The fourth-order valence-electron chi connectivity index (χ4n) is 2.72. The molecule has 1 unspecified atom stereocenters. The minimum Gasteiger partial charge on any atom is -0.480 e. The van der Waals surface area contributed by atoms with E-state index in [1.54, 1.807) is 6.20 Å². The van der Waals surface area contributed by atoms with Crippen LogP contribution in [0.4, 0.5) is 0 Å². The zero-order valence-corrected chi connectivity index (χ0v) is 13.4. The average Bonchev–Trinajstić information content (AvgIpc) is 3.35. The van der Waals surface area contributed by atoms with E-state index in [1.165, 1.54) is 12.8 Å². The number of rotatable bonds is 6. The molecular weight excluding hydrogens is 304 g/mol. The fourth-order valence-corrected chi connectivity index (χ4v) is 2.72. The molecule has 0 saturated heterocycles. The minimum atomic E-state index is -0.448. The molecule has 4 rings (SSSR count). The largest absolute Gasteiger partial charge is 0.480 e. The van der Waals surface area contributed by atoms with Gasteiger partial charge in [0.25, 0.3) is 5.91 Å². The van der Waals surface area contributed by atoms with Crippen molar-refractivity contribution in [2.24, 2.45) is 5.92 Å². The van der Waals surface area contributed by atoms with Gasteiger partial charge in [-0.3, -0.25) is 4.79 Å². The predicted octanol–water partition coefficient (Wildman–Crippen LogP) is 2.49. The number of pyridine rings is 1. The van der Waals surface area contributed by atoms with E-state index in [0.29, 0.717) is 24.8 Å². The van der Waals surface area contributed by atoms with E-state index in [-0.39, 0.29) is 5.91 Å². The van der Waals surface area contributed by atoms with Crippen molar-refractivity contribution < 1.29 is 14.3 Å². The molecule has 1 aliphatic heterocycles. The van der Waals surface area contributed by atoms with Gasteiger partial charge in [-0.05, 0) is 36.0 Å². The number of aromatic nitrogens is 1. The Labute approximate surface area is 141 Å². The Morgan fingerprint density at radius 3 is 2.88 bits per heavy atom. The third-order valence-electron chi connectivity index (χ3n) is 4.37. The molecule has 1 atom stereocenters. The standard InChI is InChI=1S/C19H20N2O3/c22-19(17-9-15-3-1-2-4-16(15)24-17)21-11-14-7-8-18(20-10-14)23-12-13-5-6-13/h1-4,7-8,10,13,17H,5-6,9,11-12H2,(H,21,22). The van der Waals surface area contributed by atoms with Gasteiger partial charge in [0, 0.05) is 25.2 Å². The van der Waals surface area contributed by atoms with E-state index >= 15 is 0 Å². The Bertz CT molecular complexity index is 701. The number of hydrogen-bond acceptors (Lipinski definition) is 4. The molecule has 2 aromatic rings. The van der Waals surface area contributed by atoms with Crippen molar-refractivity contribution in [2.75, 3.05) is 6.61 Å². The molecule has 1 N–H and O–H groups in total. The molecule has 5 heteroatoms. The summed E-state index contributed by atoms with van der Waals surface area (Å²) in [6, 6.07) is 11.5. The lowest BCUT2D eigenvalue weighted by atomic mass is 10.1. The Morgan fingerprint density at radius 2 is 2.12 bits per heavy atom. The lowest BCUT2D eigenvalue weighted by Crippen LogP contribution is -2.37.